The van der Waals surface area contributed by atoms with Crippen molar-refractivity contribution in [1.29, 1.82) is 0 Å². The molecule has 0 aromatic heterocycles. The van der Waals surface area contributed by atoms with Crippen LogP contribution in [0.4, 0.5) is 0 Å². The molecule has 6 heteroatoms. The molecule has 0 bridgehead atoms. The molecule has 0 amide bonds. The molecule has 0 saturated carbocycles. The van der Waals surface area contributed by atoms with E-state index in [0.717, 1.165) is 5.56 Å². The molecule has 0 atom stereocenters. The van der Waals surface area contributed by atoms with Gasteiger partial charge in [0.2, 0.25) is 0 Å². The summed E-state index contributed by atoms with van der Waals surface area (Å²) in [6.07, 6.45) is 0. The monoisotopic (exact) mass is 324 g/mol. The van der Waals surface area contributed by atoms with Gasteiger partial charge < -0.3 is 9.84 Å². The van der Waals surface area contributed by atoms with Crippen LogP contribution in [0.3, 0.4) is 0 Å². The summed E-state index contributed by atoms with van der Waals surface area (Å²) in [6.45, 7) is 0.305. The van der Waals surface area contributed by atoms with Gasteiger partial charge in [0.05, 0.1) is 5.02 Å². The third-order valence-corrected chi connectivity index (χ3v) is 3.26. The summed E-state index contributed by atoms with van der Waals surface area (Å²) in [6, 6.07) is 11.4. The maximum absolute atomic E-state index is 11.4. The predicted octanol–water partition coefficient (Wildman–Crippen LogP) is 3.84. The Morgan fingerprint density at radius 3 is 2.29 bits per heavy atom. The third kappa shape index (κ3) is 3.97. The number of benzene rings is 2. The van der Waals surface area contributed by atoms with Gasteiger partial charge in [0.25, 0.3) is 5.78 Å². The van der Waals surface area contributed by atoms with E-state index in [1.807, 2.05) is 12.1 Å². The zero-order valence-electron chi connectivity index (χ0n) is 10.7. The summed E-state index contributed by atoms with van der Waals surface area (Å²) in [7, 11) is 0. The standard InChI is InChI=1S/C15H10Cl2O4/c16-10-3-1-9(2-4-10)8-21-11-5-6-12(13(17)7-11)14(18)15(19)20/h1-7H,8H2,(H,19,20). The lowest BCUT2D eigenvalue weighted by Gasteiger charge is -2.08. The topological polar surface area (TPSA) is 63.6 Å². The zero-order chi connectivity index (χ0) is 15.4. The molecule has 0 aliphatic rings. The molecule has 0 saturated heterocycles. The molecule has 0 radical (unpaired) electrons. The van der Waals surface area contributed by atoms with Crippen LogP contribution in [-0.2, 0) is 11.4 Å². The third-order valence-electron chi connectivity index (χ3n) is 2.70. The molecular formula is C15H10Cl2O4. The summed E-state index contributed by atoms with van der Waals surface area (Å²) in [4.78, 5) is 22.0. The summed E-state index contributed by atoms with van der Waals surface area (Å²) in [5.74, 6) is -2.16. The zero-order valence-corrected chi connectivity index (χ0v) is 12.2. The number of carbonyl (C=O) groups excluding carboxylic acids is 1. The van der Waals surface area contributed by atoms with Gasteiger partial charge >= 0.3 is 5.97 Å². The van der Waals surface area contributed by atoms with Crippen molar-refractivity contribution < 1.29 is 19.4 Å². The van der Waals surface area contributed by atoms with Crippen LogP contribution in [0.15, 0.2) is 42.5 Å². The number of halogens is 2. The first-order valence-corrected chi connectivity index (χ1v) is 6.67. The molecular weight excluding hydrogens is 315 g/mol. The van der Waals surface area contributed by atoms with Gasteiger partial charge in [-0.15, -0.1) is 0 Å². The van der Waals surface area contributed by atoms with Gasteiger partial charge in [-0.3, -0.25) is 4.79 Å². The number of carbonyl (C=O) groups is 2. The molecule has 21 heavy (non-hydrogen) atoms. The van der Waals surface area contributed by atoms with Crippen molar-refractivity contribution in [2.75, 3.05) is 0 Å². The molecule has 2 aromatic rings. The van der Waals surface area contributed by atoms with Crippen LogP contribution in [0.1, 0.15) is 15.9 Å². The molecule has 1 N–H and O–H groups in total. The number of ketones is 1. The van der Waals surface area contributed by atoms with Crippen LogP contribution in [0, 0.1) is 0 Å². The van der Waals surface area contributed by atoms with E-state index >= 15 is 0 Å². The van der Waals surface area contributed by atoms with Crippen molar-refractivity contribution in [2.24, 2.45) is 0 Å². The minimum atomic E-state index is -1.55. The van der Waals surface area contributed by atoms with Gasteiger partial charge in [-0.1, -0.05) is 35.3 Å². The van der Waals surface area contributed by atoms with Gasteiger partial charge in [-0.05, 0) is 35.9 Å². The second kappa shape index (κ2) is 6.61. The Morgan fingerprint density at radius 2 is 1.71 bits per heavy atom. The number of hydrogen-bond acceptors (Lipinski definition) is 3. The lowest BCUT2D eigenvalue weighted by molar-refractivity contribution is -0.131. The Labute approximate surface area is 130 Å². The van der Waals surface area contributed by atoms with E-state index in [0.29, 0.717) is 17.4 Å². The second-order valence-corrected chi connectivity index (χ2v) is 5.03. The van der Waals surface area contributed by atoms with Gasteiger partial charge in [0.1, 0.15) is 12.4 Å². The summed E-state index contributed by atoms with van der Waals surface area (Å²) >= 11 is 11.7. The van der Waals surface area contributed by atoms with Crippen molar-refractivity contribution >= 4 is 35.0 Å². The Hall–Kier alpha value is -2.04. The molecule has 0 fully saturated rings. The average Bonchev–Trinajstić information content (AvgIpc) is 2.46. The van der Waals surface area contributed by atoms with Crippen molar-refractivity contribution in [2.45, 2.75) is 6.61 Å². The van der Waals surface area contributed by atoms with E-state index in [1.165, 1.54) is 18.2 Å². The van der Waals surface area contributed by atoms with Crippen LogP contribution >= 0.6 is 23.2 Å². The molecule has 0 aliphatic carbocycles. The van der Waals surface area contributed by atoms with Crippen molar-refractivity contribution in [3.8, 4) is 5.75 Å². The highest BCUT2D eigenvalue weighted by atomic mass is 35.5. The first-order valence-electron chi connectivity index (χ1n) is 5.92. The largest absolute Gasteiger partial charge is 0.489 e. The Kier molecular flexibility index (Phi) is 4.83. The molecule has 2 rings (SSSR count). The smallest absolute Gasteiger partial charge is 0.377 e. The molecule has 4 nitrogen and oxygen atoms in total. The summed E-state index contributed by atoms with van der Waals surface area (Å²) in [5, 5.41) is 9.33. The van der Waals surface area contributed by atoms with Gasteiger partial charge in [0, 0.05) is 10.6 Å². The average molecular weight is 325 g/mol. The van der Waals surface area contributed by atoms with Crippen LogP contribution in [0.5, 0.6) is 5.75 Å². The Morgan fingerprint density at radius 1 is 1.05 bits per heavy atom. The van der Waals surface area contributed by atoms with E-state index in [4.69, 9.17) is 33.0 Å². The maximum Gasteiger partial charge on any atom is 0.377 e. The maximum atomic E-state index is 11.4. The van der Waals surface area contributed by atoms with Crippen LogP contribution in [0.2, 0.25) is 10.0 Å². The first-order chi connectivity index (χ1) is 9.97. The van der Waals surface area contributed by atoms with Crippen LogP contribution in [-0.4, -0.2) is 16.9 Å². The van der Waals surface area contributed by atoms with E-state index in [-0.39, 0.29) is 10.6 Å². The quantitative estimate of drug-likeness (QED) is 0.670. The number of hydrogen-bond donors (Lipinski definition) is 1. The predicted molar refractivity (Wildman–Crippen MR) is 79.2 cm³/mol. The highest BCUT2D eigenvalue weighted by Crippen LogP contribution is 2.24. The fourth-order valence-corrected chi connectivity index (χ4v) is 2.01. The number of carboxylic acids is 1. The van der Waals surface area contributed by atoms with Gasteiger partial charge in [-0.25, -0.2) is 4.79 Å². The number of ether oxygens (including phenoxy) is 1. The fourth-order valence-electron chi connectivity index (χ4n) is 1.63. The lowest BCUT2D eigenvalue weighted by Crippen LogP contribution is -2.13. The Balaban J connectivity index is 2.08. The second-order valence-electron chi connectivity index (χ2n) is 4.19. The number of rotatable bonds is 5. The van der Waals surface area contributed by atoms with Crippen molar-refractivity contribution in [1.82, 2.24) is 0 Å². The molecule has 0 spiro atoms. The minimum absolute atomic E-state index is 0.0380. The summed E-state index contributed by atoms with van der Waals surface area (Å²) in [5.41, 5.74) is 0.851. The molecule has 0 heterocycles. The van der Waals surface area contributed by atoms with Crippen LogP contribution in [0.25, 0.3) is 0 Å². The first kappa shape index (κ1) is 15.4. The van der Waals surface area contributed by atoms with Crippen molar-refractivity contribution in [3.05, 3.63) is 63.6 Å². The normalized spacial score (nSPS) is 10.2. The van der Waals surface area contributed by atoms with E-state index in [1.54, 1.807) is 12.1 Å². The number of carboxylic acid groups (broad SMARTS) is 1. The van der Waals surface area contributed by atoms with Crippen molar-refractivity contribution in [3.63, 3.8) is 0 Å². The van der Waals surface area contributed by atoms with E-state index in [2.05, 4.69) is 0 Å². The van der Waals surface area contributed by atoms with Crippen LogP contribution < -0.4 is 4.74 Å². The molecule has 0 unspecified atom stereocenters. The lowest BCUT2D eigenvalue weighted by atomic mass is 10.1. The van der Waals surface area contributed by atoms with Gasteiger partial charge in [-0.2, -0.15) is 0 Å². The molecule has 108 valence electrons. The minimum Gasteiger partial charge on any atom is -0.489 e. The van der Waals surface area contributed by atoms with E-state index in [9.17, 15) is 9.59 Å². The highest BCUT2D eigenvalue weighted by molar-refractivity contribution is 6.45. The molecule has 2 aromatic carbocycles. The van der Waals surface area contributed by atoms with Gasteiger partial charge in [0.15, 0.2) is 0 Å². The number of aliphatic carboxylic acids is 1. The Bertz CT molecular complexity index is 681. The molecule has 0 aliphatic heterocycles. The van der Waals surface area contributed by atoms with E-state index < -0.39 is 11.8 Å². The fraction of sp³-hybridized carbons (Fsp3) is 0.0667. The number of Topliss-reactive ketones (excluding diaryl/α,β-unsaturated/α-hetero) is 1. The highest BCUT2D eigenvalue weighted by Gasteiger charge is 2.18. The summed E-state index contributed by atoms with van der Waals surface area (Å²) < 4.78 is 5.52. The SMILES string of the molecule is O=C(O)C(=O)c1ccc(OCc2ccc(Cl)cc2)cc1Cl.